The molecule has 6 nitrogen and oxygen atoms in total. The van der Waals surface area contributed by atoms with E-state index < -0.39 is 11.7 Å². The Morgan fingerprint density at radius 1 is 1.26 bits per heavy atom. The monoisotopic (exact) mass is 268 g/mol. The van der Waals surface area contributed by atoms with Crippen LogP contribution >= 0.6 is 0 Å². The van der Waals surface area contributed by atoms with Gasteiger partial charge in [0, 0.05) is 32.9 Å². The molecule has 3 amide bonds. The number of hydrogen-bond acceptors (Lipinski definition) is 3. The van der Waals surface area contributed by atoms with Crippen LogP contribution in [0.3, 0.4) is 0 Å². The number of nitrogen functional groups attached to an aromatic ring is 1. The van der Waals surface area contributed by atoms with E-state index in [0.717, 1.165) is 6.07 Å². The van der Waals surface area contributed by atoms with Crippen LogP contribution in [0.5, 0.6) is 0 Å². The van der Waals surface area contributed by atoms with E-state index in [1.54, 1.807) is 14.1 Å². The van der Waals surface area contributed by atoms with Gasteiger partial charge < -0.3 is 21.3 Å². The summed E-state index contributed by atoms with van der Waals surface area (Å²) in [7, 11) is 3.22. The Morgan fingerprint density at radius 3 is 2.53 bits per heavy atom. The van der Waals surface area contributed by atoms with Gasteiger partial charge >= 0.3 is 6.03 Å². The summed E-state index contributed by atoms with van der Waals surface area (Å²) in [5, 5.41) is 5.12. The van der Waals surface area contributed by atoms with E-state index in [-0.39, 0.29) is 30.4 Å². The van der Waals surface area contributed by atoms with E-state index in [1.165, 1.54) is 17.0 Å². The summed E-state index contributed by atoms with van der Waals surface area (Å²) in [5.74, 6) is -1.00. The molecule has 0 saturated carbocycles. The highest BCUT2D eigenvalue weighted by molar-refractivity contribution is 5.99. The molecule has 0 bridgehead atoms. The number of rotatable bonds is 4. The average Bonchev–Trinajstić information content (AvgIpc) is 2.36. The summed E-state index contributed by atoms with van der Waals surface area (Å²) in [5.41, 5.74) is 5.87. The minimum atomic E-state index is -0.528. The molecule has 7 heteroatoms. The number of nitrogens with one attached hydrogen (secondary N) is 2. The third kappa shape index (κ3) is 4.46. The molecule has 0 heterocycles. The molecule has 0 atom stereocenters. The smallest absolute Gasteiger partial charge is 0.316 e. The Kier molecular flexibility index (Phi) is 5.11. The van der Waals surface area contributed by atoms with Crippen molar-refractivity contribution >= 4 is 17.6 Å². The number of nitrogens with zero attached hydrogens (tertiary/aromatic N) is 1. The van der Waals surface area contributed by atoms with Crippen molar-refractivity contribution in [2.45, 2.75) is 0 Å². The standard InChI is InChI=1S/C12H17FN4O2/c1-17(2)12(19)16-6-5-15-11(18)9-7-8(13)3-4-10(9)14/h3-4,7H,5-6,14H2,1-2H3,(H,15,18)(H,16,19). The minimum absolute atomic E-state index is 0.0823. The van der Waals surface area contributed by atoms with Crippen molar-refractivity contribution in [2.24, 2.45) is 0 Å². The number of halogens is 1. The Bertz CT molecular complexity index is 477. The summed E-state index contributed by atoms with van der Waals surface area (Å²) < 4.78 is 13.0. The zero-order valence-electron chi connectivity index (χ0n) is 10.9. The SMILES string of the molecule is CN(C)C(=O)NCCNC(=O)c1cc(F)ccc1N. The fourth-order valence-electron chi connectivity index (χ4n) is 1.32. The fraction of sp³-hybridized carbons (Fsp3) is 0.333. The van der Waals surface area contributed by atoms with Crippen molar-refractivity contribution < 1.29 is 14.0 Å². The molecule has 1 aromatic carbocycles. The summed E-state index contributed by atoms with van der Waals surface area (Å²) in [6, 6.07) is 3.34. The second-order valence-corrected chi connectivity index (χ2v) is 4.11. The summed E-state index contributed by atoms with van der Waals surface area (Å²) in [6.45, 7) is 0.506. The molecule has 0 aliphatic carbocycles. The minimum Gasteiger partial charge on any atom is -0.398 e. The molecule has 0 radical (unpaired) electrons. The lowest BCUT2D eigenvalue weighted by atomic mass is 10.1. The van der Waals surface area contributed by atoms with Gasteiger partial charge in [0.05, 0.1) is 5.56 Å². The number of carbonyl (C=O) groups excluding carboxylic acids is 2. The highest BCUT2D eigenvalue weighted by Gasteiger charge is 2.10. The molecule has 1 aromatic rings. The number of benzene rings is 1. The van der Waals surface area contributed by atoms with E-state index in [0.29, 0.717) is 0 Å². The maximum atomic E-state index is 13.0. The lowest BCUT2D eigenvalue weighted by Crippen LogP contribution is -2.39. The second-order valence-electron chi connectivity index (χ2n) is 4.11. The van der Waals surface area contributed by atoms with Gasteiger partial charge in [-0.2, -0.15) is 0 Å². The fourth-order valence-corrected chi connectivity index (χ4v) is 1.32. The zero-order valence-corrected chi connectivity index (χ0v) is 10.9. The molecule has 104 valence electrons. The van der Waals surface area contributed by atoms with Gasteiger partial charge in [0.1, 0.15) is 5.82 Å². The van der Waals surface area contributed by atoms with Crippen LogP contribution in [0.25, 0.3) is 0 Å². The van der Waals surface area contributed by atoms with E-state index in [1.807, 2.05) is 0 Å². The molecule has 0 unspecified atom stereocenters. The number of amides is 3. The van der Waals surface area contributed by atoms with Crippen molar-refractivity contribution in [1.29, 1.82) is 0 Å². The topological polar surface area (TPSA) is 87.5 Å². The van der Waals surface area contributed by atoms with Crippen LogP contribution in [-0.4, -0.2) is 44.0 Å². The first-order valence-corrected chi connectivity index (χ1v) is 5.70. The predicted octanol–water partition coefficient (Wildman–Crippen LogP) is 0.409. The van der Waals surface area contributed by atoms with Crippen LogP contribution in [0.15, 0.2) is 18.2 Å². The molecule has 0 aliphatic rings. The van der Waals surface area contributed by atoms with Crippen LogP contribution in [0.2, 0.25) is 0 Å². The largest absolute Gasteiger partial charge is 0.398 e. The van der Waals surface area contributed by atoms with Gasteiger partial charge in [0.15, 0.2) is 0 Å². The quantitative estimate of drug-likeness (QED) is 0.546. The van der Waals surface area contributed by atoms with Crippen LogP contribution in [-0.2, 0) is 0 Å². The highest BCUT2D eigenvalue weighted by atomic mass is 19.1. The van der Waals surface area contributed by atoms with Gasteiger partial charge in [-0.05, 0) is 18.2 Å². The Hall–Kier alpha value is -2.31. The van der Waals surface area contributed by atoms with Crippen LogP contribution in [0, 0.1) is 5.82 Å². The van der Waals surface area contributed by atoms with E-state index >= 15 is 0 Å². The van der Waals surface area contributed by atoms with E-state index in [4.69, 9.17) is 5.73 Å². The number of carbonyl (C=O) groups is 2. The second kappa shape index (κ2) is 6.58. The molecular weight excluding hydrogens is 251 g/mol. The third-order valence-corrected chi connectivity index (χ3v) is 2.35. The molecule has 0 spiro atoms. The van der Waals surface area contributed by atoms with Gasteiger partial charge in [-0.25, -0.2) is 9.18 Å². The molecule has 19 heavy (non-hydrogen) atoms. The highest BCUT2D eigenvalue weighted by Crippen LogP contribution is 2.12. The van der Waals surface area contributed by atoms with Gasteiger partial charge in [0.2, 0.25) is 0 Å². The number of urea groups is 1. The summed E-state index contributed by atoms with van der Waals surface area (Å²) in [4.78, 5) is 24.3. The van der Waals surface area contributed by atoms with Crippen molar-refractivity contribution in [3.8, 4) is 0 Å². The summed E-state index contributed by atoms with van der Waals surface area (Å²) in [6.07, 6.45) is 0. The molecule has 0 fully saturated rings. The van der Waals surface area contributed by atoms with Crippen LogP contribution < -0.4 is 16.4 Å². The number of anilines is 1. The van der Waals surface area contributed by atoms with Crippen molar-refractivity contribution in [3.05, 3.63) is 29.6 Å². The van der Waals surface area contributed by atoms with Gasteiger partial charge in [-0.15, -0.1) is 0 Å². The normalized spacial score (nSPS) is 9.84. The van der Waals surface area contributed by atoms with Gasteiger partial charge in [-0.3, -0.25) is 4.79 Å². The molecule has 0 aliphatic heterocycles. The first-order chi connectivity index (χ1) is 8.91. The van der Waals surface area contributed by atoms with Gasteiger partial charge in [0.25, 0.3) is 5.91 Å². The Balaban J connectivity index is 2.44. The van der Waals surface area contributed by atoms with Gasteiger partial charge in [-0.1, -0.05) is 0 Å². The van der Waals surface area contributed by atoms with E-state index in [9.17, 15) is 14.0 Å². The maximum absolute atomic E-state index is 13.0. The third-order valence-electron chi connectivity index (χ3n) is 2.35. The average molecular weight is 268 g/mol. The molecule has 0 saturated heterocycles. The Labute approximate surface area is 110 Å². The first kappa shape index (κ1) is 14.7. The van der Waals surface area contributed by atoms with Crippen LogP contribution in [0.4, 0.5) is 14.9 Å². The van der Waals surface area contributed by atoms with Crippen LogP contribution in [0.1, 0.15) is 10.4 Å². The van der Waals surface area contributed by atoms with Crippen molar-refractivity contribution in [2.75, 3.05) is 32.9 Å². The van der Waals surface area contributed by atoms with Crippen molar-refractivity contribution in [1.82, 2.24) is 15.5 Å². The molecule has 1 rings (SSSR count). The zero-order chi connectivity index (χ0) is 14.4. The first-order valence-electron chi connectivity index (χ1n) is 5.70. The lowest BCUT2D eigenvalue weighted by molar-refractivity contribution is 0.0954. The summed E-state index contributed by atoms with van der Waals surface area (Å²) >= 11 is 0. The number of hydrogen-bond donors (Lipinski definition) is 3. The predicted molar refractivity (Wildman–Crippen MR) is 70.2 cm³/mol. The molecule has 0 aromatic heterocycles. The number of nitrogens with two attached hydrogens (primary N) is 1. The maximum Gasteiger partial charge on any atom is 0.316 e. The molecular formula is C12H17FN4O2. The Morgan fingerprint density at radius 2 is 1.89 bits per heavy atom. The van der Waals surface area contributed by atoms with Crippen molar-refractivity contribution in [3.63, 3.8) is 0 Å². The lowest BCUT2D eigenvalue weighted by Gasteiger charge is -2.12. The van der Waals surface area contributed by atoms with E-state index in [2.05, 4.69) is 10.6 Å². The molecule has 4 N–H and O–H groups in total.